The molecule has 0 unspecified atom stereocenters. The number of carboxylic acids is 1. The second-order valence-corrected chi connectivity index (χ2v) is 3.59. The number of aromatic nitrogens is 2. The normalized spacial score (nSPS) is 10.4. The summed E-state index contributed by atoms with van der Waals surface area (Å²) in [4.78, 5) is 22.7. The van der Waals surface area contributed by atoms with Crippen molar-refractivity contribution in [3.63, 3.8) is 0 Å². The number of carboxylic acid groups (broad SMARTS) is 1. The van der Waals surface area contributed by atoms with Gasteiger partial charge >= 0.3 is 11.7 Å². The molecular formula is C12H12N2O3. The van der Waals surface area contributed by atoms with Gasteiger partial charge in [0.2, 0.25) is 0 Å². The van der Waals surface area contributed by atoms with E-state index in [1.54, 1.807) is 29.1 Å². The summed E-state index contributed by atoms with van der Waals surface area (Å²) >= 11 is 0. The molecule has 88 valence electrons. The maximum absolute atomic E-state index is 11.9. The predicted octanol–water partition coefficient (Wildman–Crippen LogP) is 1.36. The lowest BCUT2D eigenvalue weighted by Gasteiger charge is -2.02. The highest BCUT2D eigenvalue weighted by Crippen LogP contribution is 2.08. The van der Waals surface area contributed by atoms with E-state index < -0.39 is 5.97 Å². The van der Waals surface area contributed by atoms with Crippen LogP contribution in [0.1, 0.15) is 17.3 Å². The van der Waals surface area contributed by atoms with Gasteiger partial charge in [0, 0.05) is 18.9 Å². The Bertz CT molecular complexity index is 610. The molecule has 1 aromatic heterocycles. The first kappa shape index (κ1) is 11.2. The van der Waals surface area contributed by atoms with Gasteiger partial charge in [0.25, 0.3) is 0 Å². The van der Waals surface area contributed by atoms with Gasteiger partial charge in [-0.15, -0.1) is 0 Å². The van der Waals surface area contributed by atoms with Crippen LogP contribution in [0, 0.1) is 0 Å². The molecular weight excluding hydrogens is 220 g/mol. The third kappa shape index (κ3) is 1.99. The van der Waals surface area contributed by atoms with Gasteiger partial charge in [-0.05, 0) is 25.1 Å². The number of rotatable bonds is 3. The van der Waals surface area contributed by atoms with Gasteiger partial charge in [-0.3, -0.25) is 9.13 Å². The van der Waals surface area contributed by atoms with Crippen LogP contribution in [0.2, 0.25) is 0 Å². The lowest BCUT2D eigenvalue weighted by molar-refractivity contribution is 0.0697. The third-order valence-corrected chi connectivity index (χ3v) is 2.56. The van der Waals surface area contributed by atoms with Crippen LogP contribution in [-0.4, -0.2) is 20.2 Å². The molecule has 0 spiro atoms. The van der Waals surface area contributed by atoms with Crippen LogP contribution in [0.5, 0.6) is 0 Å². The minimum atomic E-state index is -1.00. The quantitative estimate of drug-likeness (QED) is 0.868. The van der Waals surface area contributed by atoms with Gasteiger partial charge < -0.3 is 5.11 Å². The molecule has 0 aliphatic rings. The van der Waals surface area contributed by atoms with Crippen molar-refractivity contribution in [1.29, 1.82) is 0 Å². The molecule has 0 radical (unpaired) electrons. The summed E-state index contributed by atoms with van der Waals surface area (Å²) in [6, 6.07) is 6.29. The number of benzene rings is 1. The van der Waals surface area contributed by atoms with Crippen molar-refractivity contribution in [2.75, 3.05) is 0 Å². The van der Waals surface area contributed by atoms with Crippen molar-refractivity contribution in [1.82, 2.24) is 9.13 Å². The molecule has 0 fully saturated rings. The molecule has 0 saturated carbocycles. The molecule has 0 aliphatic heterocycles. The van der Waals surface area contributed by atoms with Crippen LogP contribution in [0.3, 0.4) is 0 Å². The van der Waals surface area contributed by atoms with Crippen LogP contribution in [0.25, 0.3) is 5.69 Å². The molecule has 5 heteroatoms. The van der Waals surface area contributed by atoms with Gasteiger partial charge in [0.05, 0.1) is 11.3 Å². The van der Waals surface area contributed by atoms with Crippen LogP contribution in [0.15, 0.2) is 41.5 Å². The van der Waals surface area contributed by atoms with Crippen molar-refractivity contribution in [3.8, 4) is 5.69 Å². The largest absolute Gasteiger partial charge is 0.478 e. The minimum absolute atomic E-state index is 0.165. The third-order valence-electron chi connectivity index (χ3n) is 2.56. The fourth-order valence-corrected chi connectivity index (χ4v) is 1.64. The molecule has 2 aromatic rings. The highest BCUT2D eigenvalue weighted by atomic mass is 16.4. The average molecular weight is 232 g/mol. The van der Waals surface area contributed by atoms with Crippen molar-refractivity contribution < 1.29 is 9.90 Å². The summed E-state index contributed by atoms with van der Waals surface area (Å²) in [5.41, 5.74) is 0.552. The SMILES string of the molecule is CCn1ccn(-c2cccc(C(=O)O)c2)c1=O. The highest BCUT2D eigenvalue weighted by molar-refractivity contribution is 5.88. The van der Waals surface area contributed by atoms with Gasteiger partial charge in [-0.25, -0.2) is 9.59 Å². The van der Waals surface area contributed by atoms with E-state index in [1.165, 1.54) is 16.7 Å². The number of aromatic carboxylic acids is 1. The second-order valence-electron chi connectivity index (χ2n) is 3.59. The first-order valence-corrected chi connectivity index (χ1v) is 5.25. The van der Waals surface area contributed by atoms with E-state index in [4.69, 9.17) is 5.11 Å². The standard InChI is InChI=1S/C12H12N2O3/c1-2-13-6-7-14(12(13)17)10-5-3-4-9(8-10)11(15)16/h3-8H,2H2,1H3,(H,15,16). The highest BCUT2D eigenvalue weighted by Gasteiger charge is 2.07. The second kappa shape index (κ2) is 4.29. The van der Waals surface area contributed by atoms with Crippen LogP contribution in [0.4, 0.5) is 0 Å². The fourth-order valence-electron chi connectivity index (χ4n) is 1.64. The average Bonchev–Trinajstić information content (AvgIpc) is 2.70. The Labute approximate surface area is 97.5 Å². The Morgan fingerprint density at radius 3 is 2.71 bits per heavy atom. The Morgan fingerprint density at radius 2 is 2.12 bits per heavy atom. The van der Waals surface area contributed by atoms with Crippen molar-refractivity contribution in [2.45, 2.75) is 13.5 Å². The maximum atomic E-state index is 11.9. The predicted molar refractivity (Wildman–Crippen MR) is 62.7 cm³/mol. The Balaban J connectivity index is 2.53. The number of imidazole rings is 1. The van der Waals surface area contributed by atoms with Gasteiger partial charge in [0.1, 0.15) is 0 Å². The lowest BCUT2D eigenvalue weighted by Crippen LogP contribution is -2.22. The summed E-state index contributed by atoms with van der Waals surface area (Å²) in [6.07, 6.45) is 3.31. The zero-order valence-electron chi connectivity index (χ0n) is 9.33. The maximum Gasteiger partial charge on any atom is 0.335 e. The van der Waals surface area contributed by atoms with E-state index in [9.17, 15) is 9.59 Å². The number of carbonyl (C=O) groups is 1. The molecule has 17 heavy (non-hydrogen) atoms. The molecule has 1 heterocycles. The van der Waals surface area contributed by atoms with Crippen LogP contribution >= 0.6 is 0 Å². The Hall–Kier alpha value is -2.30. The molecule has 0 amide bonds. The van der Waals surface area contributed by atoms with E-state index >= 15 is 0 Å². The molecule has 0 aliphatic carbocycles. The zero-order valence-corrected chi connectivity index (χ0v) is 9.33. The van der Waals surface area contributed by atoms with Crippen molar-refractivity contribution in [3.05, 3.63) is 52.7 Å². The number of aryl methyl sites for hydroxylation is 1. The summed E-state index contributed by atoms with van der Waals surface area (Å²) in [7, 11) is 0. The number of nitrogens with zero attached hydrogens (tertiary/aromatic N) is 2. The summed E-state index contributed by atoms with van der Waals surface area (Å²) in [5, 5.41) is 8.88. The first-order valence-electron chi connectivity index (χ1n) is 5.25. The van der Waals surface area contributed by atoms with E-state index in [2.05, 4.69) is 0 Å². The van der Waals surface area contributed by atoms with Gasteiger partial charge in [-0.1, -0.05) is 6.07 Å². The molecule has 0 bridgehead atoms. The minimum Gasteiger partial charge on any atom is -0.478 e. The van der Waals surface area contributed by atoms with Crippen molar-refractivity contribution in [2.24, 2.45) is 0 Å². The topological polar surface area (TPSA) is 64.2 Å². The number of hydrogen-bond donors (Lipinski definition) is 1. The van der Waals surface area contributed by atoms with Crippen molar-refractivity contribution >= 4 is 5.97 Å². The molecule has 0 atom stereocenters. The summed E-state index contributed by atoms with van der Waals surface area (Å²) in [5.74, 6) is -1.00. The Kier molecular flexibility index (Phi) is 2.82. The Morgan fingerprint density at radius 1 is 1.35 bits per heavy atom. The first-order chi connectivity index (χ1) is 8.13. The monoisotopic (exact) mass is 232 g/mol. The smallest absolute Gasteiger partial charge is 0.335 e. The van der Waals surface area contributed by atoms with E-state index in [1.807, 2.05) is 6.92 Å². The summed E-state index contributed by atoms with van der Waals surface area (Å²) in [6.45, 7) is 2.46. The molecule has 5 nitrogen and oxygen atoms in total. The molecule has 2 rings (SSSR count). The van der Waals surface area contributed by atoms with E-state index in [0.717, 1.165) is 0 Å². The lowest BCUT2D eigenvalue weighted by atomic mass is 10.2. The van der Waals surface area contributed by atoms with E-state index in [-0.39, 0.29) is 11.3 Å². The molecule has 1 aromatic carbocycles. The van der Waals surface area contributed by atoms with Crippen LogP contribution < -0.4 is 5.69 Å². The van der Waals surface area contributed by atoms with Crippen LogP contribution in [-0.2, 0) is 6.54 Å². The van der Waals surface area contributed by atoms with Gasteiger partial charge in [0.15, 0.2) is 0 Å². The van der Waals surface area contributed by atoms with Gasteiger partial charge in [-0.2, -0.15) is 0 Å². The number of hydrogen-bond acceptors (Lipinski definition) is 2. The molecule has 0 saturated heterocycles. The van der Waals surface area contributed by atoms with E-state index in [0.29, 0.717) is 12.2 Å². The fraction of sp³-hybridized carbons (Fsp3) is 0.167. The zero-order chi connectivity index (χ0) is 12.4. The molecule has 1 N–H and O–H groups in total. The summed E-state index contributed by atoms with van der Waals surface area (Å²) < 4.78 is 2.98.